The lowest BCUT2D eigenvalue weighted by molar-refractivity contribution is 0.0365. The molecule has 0 saturated carbocycles. The summed E-state index contributed by atoms with van der Waals surface area (Å²) in [5.74, 6) is 0. The Kier molecular flexibility index (Phi) is 7.06. The van der Waals surface area contributed by atoms with Gasteiger partial charge in [-0.25, -0.2) is 0 Å². The number of thiocarbonyl (C=S) groups is 1. The second-order valence-electron chi connectivity index (χ2n) is 8.41. The SMILES string of the molecule is S=C1N[C@H](c2ccccn2)[C@@H](c2cccn2-c2ccc(Br)cc2)N1CCCN1CCOCC1. The van der Waals surface area contributed by atoms with Crippen molar-refractivity contribution in [3.63, 3.8) is 0 Å². The maximum atomic E-state index is 5.85. The Morgan fingerprint density at radius 3 is 2.61 bits per heavy atom. The van der Waals surface area contributed by atoms with Gasteiger partial charge in [0, 0.05) is 54.4 Å². The molecule has 8 heteroatoms. The van der Waals surface area contributed by atoms with Crippen molar-refractivity contribution < 1.29 is 4.74 Å². The van der Waals surface area contributed by atoms with Crippen molar-refractivity contribution in [2.45, 2.75) is 18.5 Å². The molecule has 33 heavy (non-hydrogen) atoms. The molecule has 2 atom stereocenters. The van der Waals surface area contributed by atoms with Crippen LogP contribution < -0.4 is 5.32 Å². The summed E-state index contributed by atoms with van der Waals surface area (Å²) in [5.41, 5.74) is 3.33. The summed E-state index contributed by atoms with van der Waals surface area (Å²) in [4.78, 5) is 9.50. The maximum Gasteiger partial charge on any atom is 0.170 e. The summed E-state index contributed by atoms with van der Waals surface area (Å²) in [6.07, 6.45) is 5.03. The minimum absolute atomic E-state index is 0.00816. The molecule has 0 unspecified atom stereocenters. The predicted molar refractivity (Wildman–Crippen MR) is 138 cm³/mol. The molecule has 2 fully saturated rings. The van der Waals surface area contributed by atoms with Crippen molar-refractivity contribution in [2.24, 2.45) is 0 Å². The number of rotatable bonds is 7. The first-order valence-corrected chi connectivity index (χ1v) is 12.6. The van der Waals surface area contributed by atoms with E-state index in [1.165, 1.54) is 5.69 Å². The molecule has 1 aromatic carbocycles. The van der Waals surface area contributed by atoms with Crippen molar-refractivity contribution in [2.75, 3.05) is 39.4 Å². The van der Waals surface area contributed by atoms with Crippen molar-refractivity contribution >= 4 is 33.3 Å². The standard InChI is InChI=1S/C25H28BrN5OS/c26-19-7-9-20(10-8-19)30-13-3-6-22(30)24-23(21-5-1-2-11-27-21)28-25(33)31(24)14-4-12-29-15-17-32-18-16-29/h1-3,5-11,13,23-24H,4,12,14-18H2,(H,28,33)/t23-,24-/m1/s1. The third kappa shape index (κ3) is 4.99. The summed E-state index contributed by atoms with van der Waals surface area (Å²) < 4.78 is 8.82. The average molecular weight is 527 g/mol. The van der Waals surface area contributed by atoms with E-state index in [4.69, 9.17) is 17.0 Å². The Bertz CT molecular complexity index is 1070. The third-order valence-corrected chi connectivity index (χ3v) is 7.24. The van der Waals surface area contributed by atoms with E-state index in [-0.39, 0.29) is 12.1 Å². The average Bonchev–Trinajstić information content (AvgIpc) is 3.45. The Labute approximate surface area is 208 Å². The van der Waals surface area contributed by atoms with Crippen molar-refractivity contribution in [3.8, 4) is 5.69 Å². The summed E-state index contributed by atoms with van der Waals surface area (Å²) in [5, 5.41) is 4.37. The van der Waals surface area contributed by atoms with Crippen LogP contribution in [0.5, 0.6) is 0 Å². The van der Waals surface area contributed by atoms with Crippen LogP contribution in [0.1, 0.15) is 29.9 Å². The molecule has 2 aromatic heterocycles. The first-order chi connectivity index (χ1) is 16.2. The molecule has 0 bridgehead atoms. The summed E-state index contributed by atoms with van der Waals surface area (Å²) in [6.45, 7) is 5.62. The lowest BCUT2D eigenvalue weighted by Crippen LogP contribution is -2.39. The van der Waals surface area contributed by atoms with Crippen LogP contribution in [0.3, 0.4) is 0 Å². The normalized spacial score (nSPS) is 21.4. The fraction of sp³-hybridized carbons (Fsp3) is 0.360. The summed E-state index contributed by atoms with van der Waals surface area (Å²) >= 11 is 9.40. The van der Waals surface area contributed by atoms with E-state index >= 15 is 0 Å². The van der Waals surface area contributed by atoms with Crippen LogP contribution in [0.4, 0.5) is 0 Å². The minimum atomic E-state index is -0.00816. The lowest BCUT2D eigenvalue weighted by atomic mass is 10.0. The van der Waals surface area contributed by atoms with Gasteiger partial charge in [0.25, 0.3) is 0 Å². The van der Waals surface area contributed by atoms with E-state index in [2.05, 4.69) is 89.3 Å². The molecule has 0 radical (unpaired) electrons. The molecule has 2 aliphatic rings. The van der Waals surface area contributed by atoms with Crippen LogP contribution >= 0.6 is 28.1 Å². The van der Waals surface area contributed by atoms with Gasteiger partial charge < -0.3 is 19.5 Å². The van der Waals surface area contributed by atoms with E-state index in [9.17, 15) is 0 Å². The van der Waals surface area contributed by atoms with Gasteiger partial charge in [-0.05, 0) is 67.2 Å². The van der Waals surface area contributed by atoms with Gasteiger partial charge in [0.15, 0.2) is 5.11 Å². The molecule has 0 aliphatic carbocycles. The molecule has 6 nitrogen and oxygen atoms in total. The zero-order chi connectivity index (χ0) is 22.6. The summed E-state index contributed by atoms with van der Waals surface area (Å²) in [7, 11) is 0. The molecule has 0 spiro atoms. The maximum absolute atomic E-state index is 5.85. The molecule has 172 valence electrons. The Morgan fingerprint density at radius 2 is 1.85 bits per heavy atom. The van der Waals surface area contributed by atoms with E-state index in [1.807, 2.05) is 18.3 Å². The van der Waals surface area contributed by atoms with Gasteiger partial charge in [0.1, 0.15) is 0 Å². The van der Waals surface area contributed by atoms with Crippen LogP contribution in [0.2, 0.25) is 0 Å². The molecule has 1 N–H and O–H groups in total. The lowest BCUT2D eigenvalue weighted by Gasteiger charge is -2.31. The van der Waals surface area contributed by atoms with Gasteiger partial charge in [-0.15, -0.1) is 0 Å². The predicted octanol–water partition coefficient (Wildman–Crippen LogP) is 4.33. The molecular weight excluding hydrogens is 498 g/mol. The van der Waals surface area contributed by atoms with Gasteiger partial charge in [0.2, 0.25) is 0 Å². The number of benzene rings is 1. The Morgan fingerprint density at radius 1 is 1.03 bits per heavy atom. The van der Waals surface area contributed by atoms with Crippen LogP contribution in [0, 0.1) is 0 Å². The first-order valence-electron chi connectivity index (χ1n) is 11.4. The van der Waals surface area contributed by atoms with Gasteiger partial charge in [-0.3, -0.25) is 9.88 Å². The topological polar surface area (TPSA) is 45.6 Å². The third-order valence-electron chi connectivity index (χ3n) is 6.36. The molecule has 2 aliphatic heterocycles. The van der Waals surface area contributed by atoms with Crippen molar-refractivity contribution in [3.05, 3.63) is 82.9 Å². The molecule has 3 aromatic rings. The number of halogens is 1. The first kappa shape index (κ1) is 22.5. The van der Waals surface area contributed by atoms with Gasteiger partial charge in [0.05, 0.1) is 31.0 Å². The minimum Gasteiger partial charge on any atom is -0.379 e. The number of hydrogen-bond acceptors (Lipinski definition) is 4. The molecule has 4 heterocycles. The Hall–Kier alpha value is -2.26. The molecule has 5 rings (SSSR count). The number of pyridine rings is 1. The van der Waals surface area contributed by atoms with Crippen molar-refractivity contribution in [1.29, 1.82) is 0 Å². The number of nitrogens with zero attached hydrogens (tertiary/aromatic N) is 4. The number of nitrogens with one attached hydrogen (secondary N) is 1. The summed E-state index contributed by atoms with van der Waals surface area (Å²) in [6, 6.07) is 18.8. The van der Waals surface area contributed by atoms with Gasteiger partial charge >= 0.3 is 0 Å². The zero-order valence-corrected chi connectivity index (χ0v) is 20.8. The molecular formula is C25H28BrN5OS. The quantitative estimate of drug-likeness (QED) is 0.463. The van der Waals surface area contributed by atoms with Gasteiger partial charge in [-0.1, -0.05) is 22.0 Å². The van der Waals surface area contributed by atoms with E-state index in [0.717, 1.165) is 66.8 Å². The highest BCUT2D eigenvalue weighted by Gasteiger charge is 2.41. The largest absolute Gasteiger partial charge is 0.379 e. The molecule has 0 amide bonds. The second kappa shape index (κ2) is 10.3. The zero-order valence-electron chi connectivity index (χ0n) is 18.4. The Balaban J connectivity index is 1.44. The van der Waals surface area contributed by atoms with Gasteiger partial charge in [-0.2, -0.15) is 0 Å². The number of aromatic nitrogens is 2. The van der Waals surface area contributed by atoms with E-state index in [1.54, 1.807) is 0 Å². The van der Waals surface area contributed by atoms with Crippen molar-refractivity contribution in [1.82, 2.24) is 24.7 Å². The van der Waals surface area contributed by atoms with Crippen LogP contribution in [0.25, 0.3) is 5.69 Å². The van der Waals surface area contributed by atoms with E-state index < -0.39 is 0 Å². The van der Waals surface area contributed by atoms with E-state index in [0.29, 0.717) is 0 Å². The van der Waals surface area contributed by atoms with Crippen LogP contribution in [-0.2, 0) is 4.74 Å². The number of morpholine rings is 1. The second-order valence-corrected chi connectivity index (χ2v) is 9.71. The van der Waals surface area contributed by atoms with Crippen LogP contribution in [-0.4, -0.2) is 63.9 Å². The number of ether oxygens (including phenoxy) is 1. The highest BCUT2D eigenvalue weighted by atomic mass is 79.9. The molecule has 2 saturated heterocycles. The van der Waals surface area contributed by atoms with Crippen LogP contribution in [0.15, 0.2) is 71.5 Å². The monoisotopic (exact) mass is 525 g/mol. The highest BCUT2D eigenvalue weighted by Crippen LogP contribution is 2.39. The fourth-order valence-corrected chi connectivity index (χ4v) is 5.33. The fourth-order valence-electron chi connectivity index (χ4n) is 4.73. The highest BCUT2D eigenvalue weighted by molar-refractivity contribution is 9.10. The number of hydrogen-bond donors (Lipinski definition) is 1. The smallest absolute Gasteiger partial charge is 0.170 e.